The van der Waals surface area contributed by atoms with Gasteiger partial charge in [0.25, 0.3) is 0 Å². The lowest BCUT2D eigenvalue weighted by Crippen LogP contribution is -2.58. The molecule has 3 rings (SSSR count). The summed E-state index contributed by atoms with van der Waals surface area (Å²) in [5.74, 6) is 0.331. The molecular weight excluding hydrogens is 560 g/mol. The summed E-state index contributed by atoms with van der Waals surface area (Å²) in [6, 6.07) is 0.0378. The van der Waals surface area contributed by atoms with E-state index >= 15 is 0 Å². The van der Waals surface area contributed by atoms with Gasteiger partial charge in [-0.15, -0.1) is 0 Å². The molecule has 0 spiro atoms. The number of amides is 2. The van der Waals surface area contributed by atoms with Crippen LogP contribution >= 0.6 is 63.7 Å². The van der Waals surface area contributed by atoms with Crippen LogP contribution in [-0.2, 0) is 9.59 Å². The zero-order chi connectivity index (χ0) is 17.4. The highest BCUT2D eigenvalue weighted by molar-refractivity contribution is 9.26. The van der Waals surface area contributed by atoms with E-state index in [2.05, 4.69) is 63.7 Å². The molecule has 3 fully saturated rings. The van der Waals surface area contributed by atoms with Gasteiger partial charge in [0.15, 0.2) is 0 Å². The maximum absolute atomic E-state index is 12.8. The van der Waals surface area contributed by atoms with Gasteiger partial charge in [0, 0.05) is 25.7 Å². The minimum Gasteiger partial charge on any atom is -0.338 e. The van der Waals surface area contributed by atoms with E-state index in [1.807, 2.05) is 30.6 Å². The van der Waals surface area contributed by atoms with Gasteiger partial charge in [-0.05, 0) is 33.6 Å². The largest absolute Gasteiger partial charge is 0.338 e. The topological polar surface area (TPSA) is 40.6 Å². The highest BCUT2D eigenvalue weighted by Gasteiger charge is 2.69. The molecule has 3 atom stereocenters. The third kappa shape index (κ3) is 2.78. The van der Waals surface area contributed by atoms with Crippen LogP contribution in [0.2, 0.25) is 0 Å². The highest BCUT2D eigenvalue weighted by Crippen LogP contribution is 2.68. The van der Waals surface area contributed by atoms with Crippen LogP contribution in [0, 0.1) is 10.8 Å². The van der Waals surface area contributed by atoms with E-state index in [1.165, 1.54) is 0 Å². The SMILES string of the molecule is C[C@H]1CN(C(=O)[C@]2(C)CC2(Br)Br)CCN1C(=O)[C@@]1(C)CC1(Br)Br. The molecule has 1 aliphatic heterocycles. The molecule has 2 amide bonds. The number of carbonyl (C=O) groups excluding carboxylic acids is 2. The van der Waals surface area contributed by atoms with Gasteiger partial charge in [-0.25, -0.2) is 0 Å². The van der Waals surface area contributed by atoms with Gasteiger partial charge in [0.2, 0.25) is 11.8 Å². The first kappa shape index (κ1) is 18.6. The molecule has 1 heterocycles. The maximum Gasteiger partial charge on any atom is 0.231 e. The molecule has 1 saturated heterocycles. The quantitative estimate of drug-likeness (QED) is 0.467. The fourth-order valence-corrected chi connectivity index (χ4v) is 6.29. The number of hydrogen-bond donors (Lipinski definition) is 0. The zero-order valence-electron chi connectivity index (χ0n) is 13.3. The summed E-state index contributed by atoms with van der Waals surface area (Å²) in [6.07, 6.45) is 1.58. The van der Waals surface area contributed by atoms with E-state index in [4.69, 9.17) is 0 Å². The second-order valence-electron chi connectivity index (χ2n) is 7.53. The summed E-state index contributed by atoms with van der Waals surface area (Å²) >= 11 is 14.3. The summed E-state index contributed by atoms with van der Waals surface area (Å²) in [5, 5.41) is 0. The molecule has 0 N–H and O–H groups in total. The van der Waals surface area contributed by atoms with E-state index in [0.29, 0.717) is 19.6 Å². The Labute approximate surface area is 170 Å². The van der Waals surface area contributed by atoms with Gasteiger partial charge in [-0.2, -0.15) is 0 Å². The summed E-state index contributed by atoms with van der Waals surface area (Å²) in [6.45, 7) is 7.80. The van der Waals surface area contributed by atoms with Crippen molar-refractivity contribution < 1.29 is 9.59 Å². The van der Waals surface area contributed by atoms with E-state index < -0.39 is 5.41 Å². The smallest absolute Gasteiger partial charge is 0.231 e. The summed E-state index contributed by atoms with van der Waals surface area (Å²) < 4.78 is -0.545. The van der Waals surface area contributed by atoms with E-state index in [-0.39, 0.29) is 29.7 Å². The summed E-state index contributed by atoms with van der Waals surface area (Å²) in [4.78, 5) is 29.5. The van der Waals surface area contributed by atoms with Crippen molar-refractivity contribution in [2.75, 3.05) is 19.6 Å². The van der Waals surface area contributed by atoms with E-state index in [1.54, 1.807) is 0 Å². The number of piperazine rings is 1. The molecule has 0 aromatic carbocycles. The van der Waals surface area contributed by atoms with Crippen LogP contribution in [0.4, 0.5) is 0 Å². The van der Waals surface area contributed by atoms with Crippen LogP contribution in [-0.4, -0.2) is 53.8 Å². The third-order valence-electron chi connectivity index (χ3n) is 5.64. The van der Waals surface area contributed by atoms with Gasteiger partial charge in [-0.3, -0.25) is 9.59 Å². The Bertz CT molecular complexity index is 582. The fourth-order valence-electron chi connectivity index (χ4n) is 3.37. The van der Waals surface area contributed by atoms with Crippen LogP contribution in [0.5, 0.6) is 0 Å². The van der Waals surface area contributed by atoms with Crippen molar-refractivity contribution >= 4 is 75.5 Å². The van der Waals surface area contributed by atoms with Crippen molar-refractivity contribution in [3.63, 3.8) is 0 Å². The Balaban J connectivity index is 1.65. The molecule has 0 aromatic heterocycles. The monoisotopic (exact) mass is 576 g/mol. The normalized spacial score (nSPS) is 40.7. The van der Waals surface area contributed by atoms with E-state index in [9.17, 15) is 9.59 Å². The molecular formula is C15H20Br4N2O2. The molecule has 0 unspecified atom stereocenters. The second kappa shape index (κ2) is 5.43. The number of hydrogen-bond acceptors (Lipinski definition) is 2. The predicted molar refractivity (Wildman–Crippen MR) is 104 cm³/mol. The molecule has 130 valence electrons. The van der Waals surface area contributed by atoms with Crippen molar-refractivity contribution in [3.8, 4) is 0 Å². The zero-order valence-corrected chi connectivity index (χ0v) is 19.7. The molecule has 0 aromatic rings. The van der Waals surface area contributed by atoms with Crippen molar-refractivity contribution in [2.24, 2.45) is 10.8 Å². The van der Waals surface area contributed by atoms with Crippen LogP contribution in [0.1, 0.15) is 33.6 Å². The molecule has 2 aliphatic carbocycles. The Kier molecular flexibility index (Phi) is 4.40. The van der Waals surface area contributed by atoms with E-state index in [0.717, 1.165) is 12.8 Å². The molecule has 8 heteroatoms. The maximum atomic E-state index is 12.8. The first-order valence-corrected chi connectivity index (χ1v) is 10.9. The van der Waals surface area contributed by atoms with Crippen LogP contribution < -0.4 is 0 Å². The number of carbonyl (C=O) groups is 2. The molecule has 4 nitrogen and oxygen atoms in total. The lowest BCUT2D eigenvalue weighted by Gasteiger charge is -2.42. The molecule has 2 saturated carbocycles. The average molecular weight is 580 g/mol. The average Bonchev–Trinajstić information content (AvgIpc) is 3.17. The molecule has 3 aliphatic rings. The lowest BCUT2D eigenvalue weighted by atomic mass is 10.0. The lowest BCUT2D eigenvalue weighted by molar-refractivity contribution is -0.148. The Hall–Kier alpha value is 0.860. The van der Waals surface area contributed by atoms with Gasteiger partial charge >= 0.3 is 0 Å². The number of halogens is 4. The van der Waals surface area contributed by atoms with Crippen LogP contribution in [0.3, 0.4) is 0 Å². The Morgan fingerprint density at radius 3 is 1.74 bits per heavy atom. The summed E-state index contributed by atoms with van der Waals surface area (Å²) in [5.41, 5.74) is -0.779. The minimum atomic E-state index is -0.392. The van der Waals surface area contributed by atoms with Crippen molar-refractivity contribution in [1.29, 1.82) is 0 Å². The van der Waals surface area contributed by atoms with Crippen LogP contribution in [0.15, 0.2) is 0 Å². The number of nitrogens with zero attached hydrogens (tertiary/aromatic N) is 2. The molecule has 23 heavy (non-hydrogen) atoms. The van der Waals surface area contributed by atoms with Crippen molar-refractivity contribution in [3.05, 3.63) is 0 Å². The fraction of sp³-hybridized carbons (Fsp3) is 0.867. The van der Waals surface area contributed by atoms with Crippen molar-refractivity contribution in [2.45, 2.75) is 46.1 Å². The van der Waals surface area contributed by atoms with Gasteiger partial charge in [0.1, 0.15) is 0 Å². The first-order chi connectivity index (χ1) is 10.4. The Morgan fingerprint density at radius 2 is 1.35 bits per heavy atom. The van der Waals surface area contributed by atoms with Crippen molar-refractivity contribution in [1.82, 2.24) is 9.80 Å². The second-order valence-corrected chi connectivity index (χ2v) is 15.1. The molecule has 0 radical (unpaired) electrons. The predicted octanol–water partition coefficient (Wildman–Crippen LogP) is 3.84. The van der Waals surface area contributed by atoms with Gasteiger partial charge in [-0.1, -0.05) is 63.7 Å². The Morgan fingerprint density at radius 1 is 0.913 bits per heavy atom. The minimum absolute atomic E-state index is 0.0378. The highest BCUT2D eigenvalue weighted by atomic mass is 79.9. The third-order valence-corrected chi connectivity index (χ3v) is 10.3. The molecule has 0 bridgehead atoms. The number of rotatable bonds is 2. The van der Waals surface area contributed by atoms with Crippen LogP contribution in [0.25, 0.3) is 0 Å². The first-order valence-electron chi connectivity index (χ1n) is 7.72. The standard InChI is InChI=1S/C15H20Br4N2O2/c1-9-6-20(10(22)12(2)7-14(12,16)17)4-5-21(9)11(23)13(3)8-15(13,18)19/h9H,4-8H2,1-3H3/t9-,12-,13+/m0/s1. The van der Waals surface area contributed by atoms with Gasteiger partial charge < -0.3 is 9.80 Å². The summed E-state index contributed by atoms with van der Waals surface area (Å²) in [7, 11) is 0. The van der Waals surface area contributed by atoms with Gasteiger partial charge in [0.05, 0.1) is 17.3 Å². The number of alkyl halides is 4.